The van der Waals surface area contributed by atoms with Crippen LogP contribution in [0.2, 0.25) is 0 Å². The van der Waals surface area contributed by atoms with Crippen LogP contribution in [0.5, 0.6) is 11.5 Å². The number of amides is 1. The number of pyridine rings is 1. The Morgan fingerprint density at radius 1 is 1.00 bits per heavy atom. The normalized spacial score (nSPS) is 16.6. The van der Waals surface area contributed by atoms with Crippen LogP contribution < -0.4 is 25.2 Å². The Hall–Kier alpha value is -3.95. The molecule has 212 valence electrons. The Bertz CT molecular complexity index is 1480. The fourth-order valence-electron chi connectivity index (χ4n) is 5.82. The van der Waals surface area contributed by atoms with E-state index in [-0.39, 0.29) is 23.0 Å². The molecular formula is C30H32F3N3O4. The molecule has 40 heavy (non-hydrogen) atoms. The molecule has 1 fully saturated rings. The van der Waals surface area contributed by atoms with Gasteiger partial charge in [-0.05, 0) is 67.1 Å². The number of carbonyl (C=O) groups is 1. The number of carbonyl (C=O) groups excluding carboxylic acids is 1. The number of ether oxygens (including phenoxy) is 2. The van der Waals surface area contributed by atoms with Crippen molar-refractivity contribution in [3.63, 3.8) is 0 Å². The van der Waals surface area contributed by atoms with Crippen LogP contribution in [-0.2, 0) is 23.9 Å². The molecule has 0 spiro atoms. The number of anilines is 1. The number of benzene rings is 2. The molecule has 0 aliphatic carbocycles. The van der Waals surface area contributed by atoms with Crippen molar-refractivity contribution in [3.05, 3.63) is 64.1 Å². The van der Waals surface area contributed by atoms with E-state index in [4.69, 9.17) is 9.47 Å². The van der Waals surface area contributed by atoms with Gasteiger partial charge in [-0.25, -0.2) is 0 Å². The van der Waals surface area contributed by atoms with Gasteiger partial charge < -0.3 is 24.3 Å². The molecule has 5 rings (SSSR count). The van der Waals surface area contributed by atoms with E-state index in [0.29, 0.717) is 60.8 Å². The highest BCUT2D eigenvalue weighted by Gasteiger charge is 2.36. The second-order valence-corrected chi connectivity index (χ2v) is 10.3. The van der Waals surface area contributed by atoms with Crippen LogP contribution in [-0.4, -0.2) is 44.8 Å². The number of nitrogens with zero attached hydrogens (tertiary/aromatic N) is 2. The van der Waals surface area contributed by atoms with Crippen LogP contribution in [0.3, 0.4) is 0 Å². The van der Waals surface area contributed by atoms with Crippen molar-refractivity contribution in [1.82, 2.24) is 9.88 Å². The lowest BCUT2D eigenvalue weighted by Gasteiger charge is -2.22. The van der Waals surface area contributed by atoms with E-state index in [2.05, 4.69) is 5.32 Å². The van der Waals surface area contributed by atoms with E-state index >= 15 is 0 Å². The van der Waals surface area contributed by atoms with E-state index in [1.165, 1.54) is 26.4 Å². The molecule has 0 radical (unpaired) electrons. The van der Waals surface area contributed by atoms with Crippen molar-refractivity contribution in [2.45, 2.75) is 38.4 Å². The molecule has 0 bridgehead atoms. The smallest absolute Gasteiger partial charge is 0.417 e. The summed E-state index contributed by atoms with van der Waals surface area (Å²) in [7, 11) is 4.65. The predicted octanol–water partition coefficient (Wildman–Crippen LogP) is 5.13. The van der Waals surface area contributed by atoms with E-state index in [0.717, 1.165) is 24.6 Å². The van der Waals surface area contributed by atoms with E-state index in [1.807, 2.05) is 4.90 Å². The van der Waals surface area contributed by atoms with E-state index < -0.39 is 17.3 Å². The van der Waals surface area contributed by atoms with E-state index in [9.17, 15) is 22.8 Å². The van der Waals surface area contributed by atoms with Gasteiger partial charge in [0, 0.05) is 67.2 Å². The Labute approximate surface area is 230 Å². The first-order chi connectivity index (χ1) is 19.1. The lowest BCUT2D eigenvalue weighted by atomic mass is 9.94. The number of aromatic nitrogens is 1. The van der Waals surface area contributed by atoms with Gasteiger partial charge in [-0.15, -0.1) is 0 Å². The zero-order valence-electron chi connectivity index (χ0n) is 22.7. The first-order valence-electron chi connectivity index (χ1n) is 13.3. The van der Waals surface area contributed by atoms with Crippen molar-refractivity contribution in [2.75, 3.05) is 39.3 Å². The third kappa shape index (κ3) is 5.26. The molecule has 2 aliphatic rings. The molecule has 3 aromatic rings. The van der Waals surface area contributed by atoms with Crippen molar-refractivity contribution in [1.29, 1.82) is 0 Å². The maximum Gasteiger partial charge on any atom is 0.417 e. The molecule has 10 heteroatoms. The Balaban J connectivity index is 1.65. The minimum Gasteiger partial charge on any atom is -0.497 e. The van der Waals surface area contributed by atoms with Crippen LogP contribution in [0.15, 0.2) is 47.3 Å². The van der Waals surface area contributed by atoms with Gasteiger partial charge in [0.1, 0.15) is 11.5 Å². The minimum absolute atomic E-state index is 0.00211. The summed E-state index contributed by atoms with van der Waals surface area (Å²) in [6, 6.07) is 10.9. The third-order valence-electron chi connectivity index (χ3n) is 7.86. The van der Waals surface area contributed by atoms with Gasteiger partial charge in [0.05, 0.1) is 19.8 Å². The zero-order valence-corrected chi connectivity index (χ0v) is 22.7. The van der Waals surface area contributed by atoms with Crippen molar-refractivity contribution < 1.29 is 27.4 Å². The maximum atomic E-state index is 14.3. The SMILES string of the molecule is CNC(=O)CC1CCN(c2ccc(C(F)(F)F)c(-c3cc(-c4cc(OC)cc(OC)c4)c4n(c3=O)CCC4)c2)C1. The third-order valence-corrected chi connectivity index (χ3v) is 7.86. The summed E-state index contributed by atoms with van der Waals surface area (Å²) >= 11 is 0. The number of hydrogen-bond acceptors (Lipinski definition) is 5. The van der Waals surface area contributed by atoms with Gasteiger partial charge in [0.25, 0.3) is 5.56 Å². The second-order valence-electron chi connectivity index (χ2n) is 10.3. The van der Waals surface area contributed by atoms with Gasteiger partial charge in [0.2, 0.25) is 5.91 Å². The van der Waals surface area contributed by atoms with Gasteiger partial charge >= 0.3 is 6.18 Å². The standard InChI is InChI=1S/C30H32F3N3O4/c1-34-28(37)11-18-8-10-35(17-18)20-6-7-26(30(31,32)33)24(14-20)25-16-23(27-5-4-9-36(27)29(25)38)19-12-21(39-2)15-22(13-19)40-3/h6-7,12-16,18H,4-5,8-11,17H2,1-3H3,(H,34,37). The summed E-state index contributed by atoms with van der Waals surface area (Å²) < 4.78 is 55.4. The fourth-order valence-corrected chi connectivity index (χ4v) is 5.82. The Kier molecular flexibility index (Phi) is 7.53. The number of nitrogens with one attached hydrogen (secondary N) is 1. The average Bonchev–Trinajstić information content (AvgIpc) is 3.62. The number of fused-ring (bicyclic) bond motifs is 1. The molecular weight excluding hydrogens is 523 g/mol. The lowest BCUT2D eigenvalue weighted by molar-refractivity contribution is -0.137. The molecule has 1 unspecified atom stereocenters. The average molecular weight is 556 g/mol. The number of halogens is 3. The Morgan fingerprint density at radius 2 is 1.73 bits per heavy atom. The second kappa shape index (κ2) is 10.9. The van der Waals surface area contributed by atoms with Gasteiger partial charge in [0.15, 0.2) is 0 Å². The van der Waals surface area contributed by atoms with Crippen LogP contribution >= 0.6 is 0 Å². The molecule has 1 N–H and O–H groups in total. The maximum absolute atomic E-state index is 14.3. The summed E-state index contributed by atoms with van der Waals surface area (Å²) in [6.07, 6.45) is -2.18. The van der Waals surface area contributed by atoms with Gasteiger partial charge in [-0.1, -0.05) is 0 Å². The summed E-state index contributed by atoms with van der Waals surface area (Å²) in [4.78, 5) is 27.5. The lowest BCUT2D eigenvalue weighted by Crippen LogP contribution is -2.25. The van der Waals surface area contributed by atoms with Crippen LogP contribution in [0.1, 0.15) is 30.5 Å². The fraction of sp³-hybridized carbons (Fsp3) is 0.400. The molecule has 1 aromatic heterocycles. The minimum atomic E-state index is -4.66. The zero-order chi connectivity index (χ0) is 28.6. The van der Waals surface area contributed by atoms with Gasteiger partial charge in [-0.3, -0.25) is 9.59 Å². The van der Waals surface area contributed by atoms with Crippen molar-refractivity contribution >= 4 is 11.6 Å². The molecule has 2 aliphatic heterocycles. The summed E-state index contributed by atoms with van der Waals surface area (Å²) in [5.74, 6) is 1.12. The first kappa shape index (κ1) is 27.6. The summed E-state index contributed by atoms with van der Waals surface area (Å²) in [5.41, 5.74) is 1.30. The van der Waals surface area contributed by atoms with E-state index in [1.54, 1.807) is 35.9 Å². The van der Waals surface area contributed by atoms with Crippen LogP contribution in [0, 0.1) is 5.92 Å². The molecule has 1 saturated heterocycles. The number of rotatable bonds is 7. The highest BCUT2D eigenvalue weighted by atomic mass is 19.4. The van der Waals surface area contributed by atoms with Gasteiger partial charge in [-0.2, -0.15) is 13.2 Å². The molecule has 1 atom stereocenters. The largest absolute Gasteiger partial charge is 0.497 e. The number of methoxy groups -OCH3 is 2. The molecule has 0 saturated carbocycles. The summed E-state index contributed by atoms with van der Waals surface area (Å²) in [6.45, 7) is 1.60. The molecule has 2 aromatic carbocycles. The number of alkyl halides is 3. The topological polar surface area (TPSA) is 72.8 Å². The molecule has 3 heterocycles. The van der Waals surface area contributed by atoms with Crippen LogP contribution in [0.25, 0.3) is 22.3 Å². The quantitative estimate of drug-likeness (QED) is 0.438. The van der Waals surface area contributed by atoms with Crippen LogP contribution in [0.4, 0.5) is 18.9 Å². The summed E-state index contributed by atoms with van der Waals surface area (Å²) in [5, 5.41) is 2.63. The molecule has 1 amide bonds. The number of hydrogen-bond donors (Lipinski definition) is 1. The highest BCUT2D eigenvalue weighted by Crippen LogP contribution is 2.41. The highest BCUT2D eigenvalue weighted by molar-refractivity contribution is 5.79. The van der Waals surface area contributed by atoms with Crippen molar-refractivity contribution in [3.8, 4) is 33.8 Å². The Morgan fingerprint density at radius 3 is 2.38 bits per heavy atom. The predicted molar refractivity (Wildman–Crippen MR) is 147 cm³/mol. The van der Waals surface area contributed by atoms with Crippen molar-refractivity contribution in [2.24, 2.45) is 5.92 Å². The monoisotopic (exact) mass is 555 g/mol. The molecule has 7 nitrogen and oxygen atoms in total. The first-order valence-corrected chi connectivity index (χ1v) is 13.3.